The molecule has 3 nitrogen and oxygen atoms in total. The van der Waals surface area contributed by atoms with Crippen LogP contribution in [-0.2, 0) is 4.74 Å². The molecule has 124 valence electrons. The van der Waals surface area contributed by atoms with Gasteiger partial charge in [0.25, 0.3) is 0 Å². The molecule has 2 aliphatic heterocycles. The molecule has 1 N–H and O–H groups in total. The first-order valence-corrected chi connectivity index (χ1v) is 8.88. The van der Waals surface area contributed by atoms with Gasteiger partial charge in [0.2, 0.25) is 0 Å². The van der Waals surface area contributed by atoms with E-state index in [1.165, 1.54) is 38.8 Å². The van der Waals surface area contributed by atoms with Crippen molar-refractivity contribution in [2.24, 2.45) is 11.3 Å². The molecular weight excluding hydrogens is 260 g/mol. The van der Waals surface area contributed by atoms with Crippen molar-refractivity contribution in [1.82, 2.24) is 10.2 Å². The van der Waals surface area contributed by atoms with Gasteiger partial charge in [-0.2, -0.15) is 0 Å². The average Bonchev–Trinajstić information content (AvgIpc) is 2.42. The van der Waals surface area contributed by atoms with Crippen LogP contribution in [0.15, 0.2) is 0 Å². The molecule has 2 atom stereocenters. The Morgan fingerprint density at radius 2 is 1.86 bits per heavy atom. The summed E-state index contributed by atoms with van der Waals surface area (Å²) in [4.78, 5) is 2.75. The van der Waals surface area contributed by atoms with Gasteiger partial charge in [0.15, 0.2) is 0 Å². The molecule has 0 aliphatic carbocycles. The molecule has 0 amide bonds. The lowest BCUT2D eigenvalue weighted by Crippen LogP contribution is -2.54. The maximum absolute atomic E-state index is 5.65. The van der Waals surface area contributed by atoms with Crippen LogP contribution in [0.4, 0.5) is 0 Å². The van der Waals surface area contributed by atoms with Crippen LogP contribution in [0.1, 0.15) is 60.3 Å². The Kier molecular flexibility index (Phi) is 5.72. The first kappa shape index (κ1) is 17.2. The van der Waals surface area contributed by atoms with E-state index in [1.807, 2.05) is 0 Å². The van der Waals surface area contributed by atoms with Gasteiger partial charge in [0, 0.05) is 37.9 Å². The largest absolute Gasteiger partial charge is 0.381 e. The predicted octanol–water partition coefficient (Wildman–Crippen LogP) is 3.29. The zero-order valence-corrected chi connectivity index (χ0v) is 14.9. The summed E-state index contributed by atoms with van der Waals surface area (Å²) < 4.78 is 5.65. The normalized spacial score (nSPS) is 31.3. The van der Waals surface area contributed by atoms with E-state index in [2.05, 4.69) is 44.8 Å². The van der Waals surface area contributed by atoms with Gasteiger partial charge in [-0.1, -0.05) is 6.92 Å². The molecule has 0 radical (unpaired) electrons. The number of likely N-dealkylation sites (tertiary alicyclic amines) is 1. The molecule has 21 heavy (non-hydrogen) atoms. The van der Waals surface area contributed by atoms with E-state index < -0.39 is 0 Å². The number of piperidine rings is 1. The molecule has 0 aromatic rings. The zero-order chi connectivity index (χ0) is 15.5. The van der Waals surface area contributed by atoms with Crippen molar-refractivity contribution in [3.05, 3.63) is 0 Å². The van der Waals surface area contributed by atoms with Crippen LogP contribution in [0.5, 0.6) is 0 Å². The Morgan fingerprint density at radius 3 is 2.48 bits per heavy atom. The molecule has 2 saturated heterocycles. The van der Waals surface area contributed by atoms with Crippen LogP contribution in [0.3, 0.4) is 0 Å². The molecule has 0 aromatic heterocycles. The van der Waals surface area contributed by atoms with Gasteiger partial charge in [-0.25, -0.2) is 0 Å². The fraction of sp³-hybridized carbons (Fsp3) is 1.00. The average molecular weight is 296 g/mol. The molecule has 0 spiro atoms. The summed E-state index contributed by atoms with van der Waals surface area (Å²) in [5.74, 6) is 0.839. The lowest BCUT2D eigenvalue weighted by atomic mass is 9.77. The third-order valence-electron chi connectivity index (χ3n) is 5.59. The standard InChI is InChI=1S/C18H36N2O/c1-15-7-6-10-20(16(15)2)14-18(8-11-21-12-9-18)13-19-17(3,4)5/h15-16,19H,6-14H2,1-5H3. The van der Waals surface area contributed by atoms with Crippen molar-refractivity contribution in [1.29, 1.82) is 0 Å². The number of ether oxygens (including phenoxy) is 1. The van der Waals surface area contributed by atoms with Crippen LogP contribution in [-0.4, -0.2) is 49.3 Å². The molecule has 2 heterocycles. The highest BCUT2D eigenvalue weighted by Crippen LogP contribution is 2.34. The van der Waals surface area contributed by atoms with Crippen molar-refractivity contribution >= 4 is 0 Å². The Hall–Kier alpha value is -0.120. The van der Waals surface area contributed by atoms with Crippen molar-refractivity contribution in [2.45, 2.75) is 71.9 Å². The summed E-state index contributed by atoms with van der Waals surface area (Å²) in [5.41, 5.74) is 0.600. The Labute approximate surface area is 131 Å². The van der Waals surface area contributed by atoms with Crippen LogP contribution in [0, 0.1) is 11.3 Å². The SMILES string of the molecule is CC1CCCN(CC2(CNC(C)(C)C)CCOCC2)C1C. The number of hydrogen-bond donors (Lipinski definition) is 1. The van der Waals surface area contributed by atoms with Crippen LogP contribution >= 0.6 is 0 Å². The summed E-state index contributed by atoms with van der Waals surface area (Å²) in [6, 6.07) is 0.730. The Balaban J connectivity index is 2.01. The van der Waals surface area contributed by atoms with Crippen molar-refractivity contribution in [2.75, 3.05) is 32.8 Å². The topological polar surface area (TPSA) is 24.5 Å². The summed E-state index contributed by atoms with van der Waals surface area (Å²) in [6.07, 6.45) is 5.17. The highest BCUT2D eigenvalue weighted by molar-refractivity contribution is 4.92. The van der Waals surface area contributed by atoms with Crippen molar-refractivity contribution in [3.63, 3.8) is 0 Å². The predicted molar refractivity (Wildman–Crippen MR) is 89.7 cm³/mol. The minimum atomic E-state index is 0.201. The minimum absolute atomic E-state index is 0.201. The molecule has 2 unspecified atom stereocenters. The maximum atomic E-state index is 5.65. The van der Waals surface area contributed by atoms with Gasteiger partial charge in [-0.05, 0) is 71.3 Å². The number of rotatable bonds is 4. The van der Waals surface area contributed by atoms with E-state index in [9.17, 15) is 0 Å². The van der Waals surface area contributed by atoms with Gasteiger partial charge >= 0.3 is 0 Å². The van der Waals surface area contributed by atoms with Gasteiger partial charge in [-0.15, -0.1) is 0 Å². The van der Waals surface area contributed by atoms with Crippen LogP contribution in [0.25, 0.3) is 0 Å². The van der Waals surface area contributed by atoms with Crippen molar-refractivity contribution < 1.29 is 4.74 Å². The molecule has 2 aliphatic rings. The lowest BCUT2D eigenvalue weighted by molar-refractivity contribution is -0.0242. The van der Waals surface area contributed by atoms with E-state index >= 15 is 0 Å². The van der Waals surface area contributed by atoms with E-state index in [1.54, 1.807) is 0 Å². The second-order valence-corrected chi connectivity index (χ2v) is 8.55. The molecule has 0 bridgehead atoms. The third kappa shape index (κ3) is 4.94. The monoisotopic (exact) mass is 296 g/mol. The van der Waals surface area contributed by atoms with Gasteiger partial charge in [0.05, 0.1) is 0 Å². The highest BCUT2D eigenvalue weighted by atomic mass is 16.5. The fourth-order valence-electron chi connectivity index (χ4n) is 3.72. The highest BCUT2D eigenvalue weighted by Gasteiger charge is 2.37. The molecule has 3 heteroatoms. The second-order valence-electron chi connectivity index (χ2n) is 8.55. The first-order chi connectivity index (χ1) is 9.81. The Morgan fingerprint density at radius 1 is 1.19 bits per heavy atom. The summed E-state index contributed by atoms with van der Waals surface area (Å²) in [7, 11) is 0. The molecular formula is C18H36N2O. The van der Waals surface area contributed by atoms with E-state index in [0.717, 1.165) is 31.7 Å². The number of nitrogens with one attached hydrogen (secondary N) is 1. The smallest absolute Gasteiger partial charge is 0.0472 e. The van der Waals surface area contributed by atoms with Crippen LogP contribution < -0.4 is 5.32 Å². The summed E-state index contributed by atoms with van der Waals surface area (Å²) >= 11 is 0. The Bertz CT molecular complexity index is 318. The zero-order valence-electron chi connectivity index (χ0n) is 14.9. The van der Waals surface area contributed by atoms with E-state index in [4.69, 9.17) is 4.74 Å². The molecule has 2 rings (SSSR count). The van der Waals surface area contributed by atoms with Crippen LogP contribution in [0.2, 0.25) is 0 Å². The lowest BCUT2D eigenvalue weighted by Gasteiger charge is -2.47. The molecule has 2 fully saturated rings. The van der Waals surface area contributed by atoms with Gasteiger partial charge in [-0.3, -0.25) is 4.90 Å². The van der Waals surface area contributed by atoms with Crippen molar-refractivity contribution in [3.8, 4) is 0 Å². The second kappa shape index (κ2) is 6.97. The first-order valence-electron chi connectivity index (χ1n) is 8.88. The van der Waals surface area contributed by atoms with E-state index in [0.29, 0.717) is 5.41 Å². The number of hydrogen-bond acceptors (Lipinski definition) is 3. The quantitative estimate of drug-likeness (QED) is 0.861. The third-order valence-corrected chi connectivity index (χ3v) is 5.59. The minimum Gasteiger partial charge on any atom is -0.381 e. The fourth-order valence-corrected chi connectivity index (χ4v) is 3.72. The summed E-state index contributed by atoms with van der Waals surface area (Å²) in [5, 5.41) is 3.77. The maximum Gasteiger partial charge on any atom is 0.0472 e. The summed E-state index contributed by atoms with van der Waals surface area (Å²) in [6.45, 7) is 17.2. The van der Waals surface area contributed by atoms with E-state index in [-0.39, 0.29) is 5.54 Å². The molecule has 0 aromatic carbocycles. The van der Waals surface area contributed by atoms with Gasteiger partial charge in [0.1, 0.15) is 0 Å². The molecule has 0 saturated carbocycles. The number of nitrogens with zero attached hydrogens (tertiary/aromatic N) is 1. The van der Waals surface area contributed by atoms with Gasteiger partial charge < -0.3 is 10.1 Å².